The Balaban J connectivity index is 1.62. The summed E-state index contributed by atoms with van der Waals surface area (Å²) < 4.78 is 0. The van der Waals surface area contributed by atoms with Crippen molar-refractivity contribution in [2.75, 3.05) is 20.6 Å². The number of nitrogens with one attached hydrogen (secondary N) is 1. The van der Waals surface area contributed by atoms with Crippen molar-refractivity contribution in [2.24, 2.45) is 0 Å². The van der Waals surface area contributed by atoms with Gasteiger partial charge in [-0.25, -0.2) is 0 Å². The van der Waals surface area contributed by atoms with Gasteiger partial charge in [-0.15, -0.1) is 0 Å². The summed E-state index contributed by atoms with van der Waals surface area (Å²) in [5.74, 6) is 0. The van der Waals surface area contributed by atoms with Crippen molar-refractivity contribution in [2.45, 2.75) is 31.3 Å². The number of hydrogen-bond donors (Lipinski definition) is 1. The second-order valence-electron chi connectivity index (χ2n) is 6.11. The zero-order valence-corrected chi connectivity index (χ0v) is 12.4. The summed E-state index contributed by atoms with van der Waals surface area (Å²) in [5.41, 5.74) is 2.79. The molecule has 1 aliphatic carbocycles. The third-order valence-corrected chi connectivity index (χ3v) is 4.68. The largest absolute Gasteiger partial charge is 0.311 e. The molecule has 1 heterocycles. The summed E-state index contributed by atoms with van der Waals surface area (Å²) >= 11 is 0. The molecule has 0 unspecified atom stereocenters. The van der Waals surface area contributed by atoms with Gasteiger partial charge in [-0.1, -0.05) is 12.1 Å². The monoisotopic (exact) mass is 269 g/mol. The van der Waals surface area contributed by atoms with Crippen LogP contribution in [0.25, 0.3) is 10.9 Å². The van der Waals surface area contributed by atoms with Gasteiger partial charge in [0.2, 0.25) is 0 Å². The first-order valence-electron chi connectivity index (χ1n) is 7.41. The molecular weight excluding hydrogens is 246 g/mol. The predicted octanol–water partition coefficient (Wildman–Crippen LogP) is 2.81. The minimum atomic E-state index is 0.387. The molecule has 2 aromatic rings. The summed E-state index contributed by atoms with van der Waals surface area (Å²) in [6.45, 7) is 2.01. The van der Waals surface area contributed by atoms with Crippen LogP contribution in [0.2, 0.25) is 0 Å². The molecule has 106 valence electrons. The summed E-state index contributed by atoms with van der Waals surface area (Å²) in [6, 6.07) is 10.6. The molecule has 1 aromatic heterocycles. The van der Waals surface area contributed by atoms with Gasteiger partial charge in [0.25, 0.3) is 0 Å². The van der Waals surface area contributed by atoms with Crippen LogP contribution in [0.4, 0.5) is 0 Å². The first-order valence-corrected chi connectivity index (χ1v) is 7.41. The quantitative estimate of drug-likeness (QED) is 0.904. The van der Waals surface area contributed by atoms with Crippen LogP contribution >= 0.6 is 0 Å². The van der Waals surface area contributed by atoms with Crippen molar-refractivity contribution in [1.82, 2.24) is 15.2 Å². The lowest BCUT2D eigenvalue weighted by Crippen LogP contribution is -2.56. The van der Waals surface area contributed by atoms with Crippen LogP contribution in [-0.4, -0.2) is 36.1 Å². The van der Waals surface area contributed by atoms with E-state index in [4.69, 9.17) is 0 Å². The summed E-state index contributed by atoms with van der Waals surface area (Å²) in [4.78, 5) is 6.74. The van der Waals surface area contributed by atoms with E-state index < -0.39 is 0 Å². The molecule has 1 N–H and O–H groups in total. The van der Waals surface area contributed by atoms with Crippen LogP contribution in [0, 0.1) is 0 Å². The lowest BCUT2D eigenvalue weighted by Gasteiger charge is -2.47. The SMILES string of the molecule is CN(C)C1(CNCc2ccc3ncccc3c2)CCC1. The fourth-order valence-corrected chi connectivity index (χ4v) is 3.04. The van der Waals surface area contributed by atoms with E-state index in [-0.39, 0.29) is 0 Å². The van der Waals surface area contributed by atoms with Gasteiger partial charge in [-0.05, 0) is 57.1 Å². The van der Waals surface area contributed by atoms with Crippen LogP contribution in [0.3, 0.4) is 0 Å². The Morgan fingerprint density at radius 1 is 1.25 bits per heavy atom. The molecular formula is C17H23N3. The van der Waals surface area contributed by atoms with Crippen molar-refractivity contribution in [3.05, 3.63) is 42.1 Å². The molecule has 1 aliphatic rings. The third-order valence-electron chi connectivity index (χ3n) is 4.68. The average molecular weight is 269 g/mol. The Hall–Kier alpha value is -1.45. The van der Waals surface area contributed by atoms with Gasteiger partial charge < -0.3 is 10.2 Å². The average Bonchev–Trinajstić information content (AvgIpc) is 2.41. The summed E-state index contributed by atoms with van der Waals surface area (Å²) in [6.07, 6.45) is 5.84. The van der Waals surface area contributed by atoms with Crippen LogP contribution in [0.5, 0.6) is 0 Å². The predicted molar refractivity (Wildman–Crippen MR) is 83.7 cm³/mol. The number of rotatable bonds is 5. The lowest BCUT2D eigenvalue weighted by molar-refractivity contribution is 0.0598. The molecule has 0 atom stereocenters. The standard InChI is InChI=1S/C17H23N3/c1-20(2)17(8-4-9-17)13-18-12-14-6-7-16-15(11-14)5-3-10-19-16/h3,5-7,10-11,18H,4,8-9,12-13H2,1-2H3. The number of aromatic nitrogens is 1. The number of hydrogen-bond acceptors (Lipinski definition) is 3. The van der Waals surface area contributed by atoms with E-state index in [0.29, 0.717) is 5.54 Å². The van der Waals surface area contributed by atoms with Gasteiger partial charge in [-0.3, -0.25) is 4.98 Å². The molecule has 3 rings (SSSR count). The highest BCUT2D eigenvalue weighted by atomic mass is 15.2. The topological polar surface area (TPSA) is 28.2 Å². The maximum atomic E-state index is 4.36. The first-order chi connectivity index (χ1) is 9.70. The second kappa shape index (κ2) is 5.51. The van der Waals surface area contributed by atoms with E-state index in [1.54, 1.807) is 0 Å². The van der Waals surface area contributed by atoms with Crippen molar-refractivity contribution < 1.29 is 0 Å². The Labute approximate surface area is 121 Å². The molecule has 3 nitrogen and oxygen atoms in total. The smallest absolute Gasteiger partial charge is 0.0702 e. The molecule has 0 aliphatic heterocycles. The lowest BCUT2D eigenvalue weighted by atomic mass is 9.75. The third kappa shape index (κ3) is 2.56. The molecule has 0 amide bonds. The van der Waals surface area contributed by atoms with Crippen molar-refractivity contribution in [3.63, 3.8) is 0 Å². The highest BCUT2D eigenvalue weighted by Gasteiger charge is 2.38. The first kappa shape index (κ1) is 13.5. The molecule has 0 saturated heterocycles. The zero-order valence-electron chi connectivity index (χ0n) is 12.4. The van der Waals surface area contributed by atoms with Crippen molar-refractivity contribution >= 4 is 10.9 Å². The molecule has 3 heteroatoms. The maximum Gasteiger partial charge on any atom is 0.0702 e. The zero-order chi connectivity index (χ0) is 14.0. The van der Waals surface area contributed by atoms with Crippen LogP contribution in [-0.2, 0) is 6.54 Å². The Morgan fingerprint density at radius 3 is 2.80 bits per heavy atom. The van der Waals surface area contributed by atoms with Crippen molar-refractivity contribution in [3.8, 4) is 0 Å². The van der Waals surface area contributed by atoms with Gasteiger partial charge in [0.05, 0.1) is 5.52 Å². The van der Waals surface area contributed by atoms with Crippen LogP contribution in [0.15, 0.2) is 36.5 Å². The fourth-order valence-electron chi connectivity index (χ4n) is 3.04. The minimum absolute atomic E-state index is 0.387. The Bertz CT molecular complexity index is 588. The molecule has 0 spiro atoms. The molecule has 0 radical (unpaired) electrons. The molecule has 0 bridgehead atoms. The maximum absolute atomic E-state index is 4.36. The molecule has 1 fully saturated rings. The Morgan fingerprint density at radius 2 is 2.10 bits per heavy atom. The number of pyridine rings is 1. The second-order valence-corrected chi connectivity index (χ2v) is 6.11. The van der Waals surface area contributed by atoms with E-state index in [9.17, 15) is 0 Å². The summed E-state index contributed by atoms with van der Waals surface area (Å²) in [5, 5.41) is 4.85. The number of nitrogens with zero attached hydrogens (tertiary/aromatic N) is 2. The van der Waals surface area contributed by atoms with Gasteiger partial charge in [0.15, 0.2) is 0 Å². The highest BCUT2D eigenvalue weighted by molar-refractivity contribution is 5.78. The highest BCUT2D eigenvalue weighted by Crippen LogP contribution is 2.35. The van der Waals surface area contributed by atoms with E-state index in [1.165, 1.54) is 30.2 Å². The Kier molecular flexibility index (Phi) is 3.72. The van der Waals surface area contributed by atoms with Crippen LogP contribution < -0.4 is 5.32 Å². The van der Waals surface area contributed by atoms with Crippen molar-refractivity contribution in [1.29, 1.82) is 0 Å². The van der Waals surface area contributed by atoms with Gasteiger partial charge >= 0.3 is 0 Å². The van der Waals surface area contributed by atoms with Crippen LogP contribution in [0.1, 0.15) is 24.8 Å². The number of fused-ring (bicyclic) bond motifs is 1. The van der Waals surface area contributed by atoms with Gasteiger partial charge in [0, 0.05) is 30.2 Å². The normalized spacial score (nSPS) is 17.4. The fraction of sp³-hybridized carbons (Fsp3) is 0.471. The molecule has 1 saturated carbocycles. The van der Waals surface area contributed by atoms with E-state index in [2.05, 4.69) is 53.6 Å². The molecule has 20 heavy (non-hydrogen) atoms. The minimum Gasteiger partial charge on any atom is -0.311 e. The van der Waals surface area contributed by atoms with E-state index in [0.717, 1.165) is 18.6 Å². The number of benzene rings is 1. The summed E-state index contributed by atoms with van der Waals surface area (Å²) in [7, 11) is 4.39. The van der Waals surface area contributed by atoms with E-state index in [1.807, 2.05) is 12.3 Å². The van der Waals surface area contributed by atoms with E-state index >= 15 is 0 Å². The molecule has 1 aromatic carbocycles. The number of likely N-dealkylation sites (N-methyl/N-ethyl adjacent to an activating group) is 1. The van der Waals surface area contributed by atoms with Gasteiger partial charge in [-0.2, -0.15) is 0 Å². The van der Waals surface area contributed by atoms with Gasteiger partial charge in [0.1, 0.15) is 0 Å².